The van der Waals surface area contributed by atoms with Gasteiger partial charge in [-0.15, -0.1) is 0 Å². The molecule has 34 heavy (non-hydrogen) atoms. The number of fused-ring (bicyclic) bond motifs is 1. The number of rotatable bonds is 7. The van der Waals surface area contributed by atoms with Gasteiger partial charge in [-0.2, -0.15) is 0 Å². The number of carbonyl (C=O) groups is 1. The van der Waals surface area contributed by atoms with Crippen molar-refractivity contribution in [3.63, 3.8) is 0 Å². The minimum absolute atomic E-state index is 0.0384. The molecule has 0 saturated carbocycles. The third-order valence-electron chi connectivity index (χ3n) is 5.76. The minimum atomic E-state index is -3.78. The number of ketones is 1. The fourth-order valence-corrected chi connectivity index (χ4v) is 5.12. The number of carbonyl (C=O) groups excluding carboxylic acids is 1. The second kappa shape index (κ2) is 9.02. The van der Waals surface area contributed by atoms with Crippen LogP contribution in [0.15, 0.2) is 77.0 Å². The number of nitrogens with zero attached hydrogens (tertiary/aromatic N) is 3. The van der Waals surface area contributed by atoms with E-state index in [0.29, 0.717) is 23.5 Å². The van der Waals surface area contributed by atoms with E-state index in [1.807, 2.05) is 26.8 Å². The number of Topliss-reactive ketones (excluding diaryl/α,β-unsaturated/α-hetero) is 1. The Morgan fingerprint density at radius 3 is 2.47 bits per heavy atom. The van der Waals surface area contributed by atoms with Gasteiger partial charge in [-0.25, -0.2) is 18.4 Å². The molecule has 2 aromatic carbocycles. The van der Waals surface area contributed by atoms with Crippen molar-refractivity contribution < 1.29 is 17.9 Å². The van der Waals surface area contributed by atoms with Crippen LogP contribution in [0.2, 0.25) is 0 Å². The Morgan fingerprint density at radius 1 is 1.06 bits per heavy atom. The van der Waals surface area contributed by atoms with Crippen LogP contribution in [-0.2, 0) is 21.7 Å². The molecular weight excluding hydrogens is 450 g/mol. The molecule has 0 saturated heterocycles. The number of aryl methyl sites for hydroxylation is 1. The average Bonchev–Trinajstić information content (AvgIpc) is 3.29. The van der Waals surface area contributed by atoms with Crippen LogP contribution in [0, 0.1) is 0 Å². The predicted octanol–water partition coefficient (Wildman–Crippen LogP) is 4.68. The van der Waals surface area contributed by atoms with Crippen molar-refractivity contribution in [3.05, 3.63) is 83.9 Å². The predicted molar refractivity (Wildman–Crippen MR) is 129 cm³/mol. The zero-order valence-corrected chi connectivity index (χ0v) is 20.5. The quantitative estimate of drug-likeness (QED) is 0.359. The molecule has 0 aliphatic carbocycles. The van der Waals surface area contributed by atoms with Crippen LogP contribution in [0.3, 0.4) is 0 Å². The van der Waals surface area contributed by atoms with Gasteiger partial charge in [0.05, 0.1) is 17.6 Å². The summed E-state index contributed by atoms with van der Waals surface area (Å²) in [5.74, 6) is 0.813. The molecule has 0 spiro atoms. The number of ether oxygens (including phenoxy) is 1. The molecule has 4 aromatic rings. The van der Waals surface area contributed by atoms with Crippen LogP contribution >= 0.6 is 0 Å². The average molecular weight is 478 g/mol. The normalized spacial score (nSPS) is 12.1. The Bertz CT molecular complexity index is 1450. The molecule has 0 N–H and O–H groups in total. The van der Waals surface area contributed by atoms with E-state index < -0.39 is 9.84 Å². The smallest absolute Gasteiger partial charge is 0.233 e. The fraction of sp³-hybridized carbons (Fsp3) is 0.269. The van der Waals surface area contributed by atoms with Crippen molar-refractivity contribution in [2.24, 2.45) is 0 Å². The van der Waals surface area contributed by atoms with E-state index in [2.05, 4.69) is 9.97 Å². The summed E-state index contributed by atoms with van der Waals surface area (Å²) in [5.41, 5.74) is 2.09. The van der Waals surface area contributed by atoms with Crippen LogP contribution in [0.5, 0.6) is 5.75 Å². The summed E-state index contributed by atoms with van der Waals surface area (Å²) >= 11 is 0. The molecule has 0 aliphatic rings. The van der Waals surface area contributed by atoms with E-state index >= 15 is 0 Å². The fourth-order valence-electron chi connectivity index (χ4n) is 3.68. The van der Waals surface area contributed by atoms with Gasteiger partial charge in [-0.05, 0) is 47.2 Å². The van der Waals surface area contributed by atoms with E-state index in [1.165, 1.54) is 13.3 Å². The van der Waals surface area contributed by atoms with Gasteiger partial charge in [0.1, 0.15) is 10.6 Å². The number of aromatic nitrogens is 3. The summed E-state index contributed by atoms with van der Waals surface area (Å²) in [6.07, 6.45) is 7.39. The molecule has 0 radical (unpaired) electrons. The molecule has 0 unspecified atom stereocenters. The maximum Gasteiger partial charge on any atom is 0.233 e. The van der Waals surface area contributed by atoms with Crippen molar-refractivity contribution in [2.75, 3.05) is 7.11 Å². The van der Waals surface area contributed by atoms with Crippen molar-refractivity contribution in [3.8, 4) is 5.75 Å². The number of sulfone groups is 1. The maximum atomic E-state index is 13.4. The van der Waals surface area contributed by atoms with E-state index in [1.54, 1.807) is 59.4 Å². The van der Waals surface area contributed by atoms with Gasteiger partial charge in [-0.3, -0.25) is 9.20 Å². The topological polar surface area (TPSA) is 90.6 Å². The number of hydrogen-bond acceptors (Lipinski definition) is 6. The van der Waals surface area contributed by atoms with E-state index in [9.17, 15) is 13.2 Å². The highest BCUT2D eigenvalue weighted by Crippen LogP contribution is 2.34. The summed E-state index contributed by atoms with van der Waals surface area (Å²) in [6, 6.07) is 11.9. The van der Waals surface area contributed by atoms with Crippen molar-refractivity contribution in [2.45, 2.75) is 48.8 Å². The summed E-state index contributed by atoms with van der Waals surface area (Å²) in [6.45, 7) is 6.10. The zero-order valence-electron chi connectivity index (χ0n) is 19.6. The van der Waals surface area contributed by atoms with Gasteiger partial charge < -0.3 is 4.74 Å². The molecule has 0 aliphatic heterocycles. The van der Waals surface area contributed by atoms with E-state index in [4.69, 9.17) is 4.74 Å². The molecule has 0 fully saturated rings. The molecule has 8 heteroatoms. The summed E-state index contributed by atoms with van der Waals surface area (Å²) in [7, 11) is -2.32. The van der Waals surface area contributed by atoms with Gasteiger partial charge >= 0.3 is 0 Å². The Labute approximate surface area is 199 Å². The third kappa shape index (κ3) is 4.72. The third-order valence-corrected chi connectivity index (χ3v) is 7.55. The van der Waals surface area contributed by atoms with Crippen molar-refractivity contribution in [1.82, 2.24) is 14.4 Å². The number of benzene rings is 2. The number of hydrogen-bond donors (Lipinski definition) is 0. The second-order valence-electron chi connectivity index (χ2n) is 9.16. The first-order valence-electron chi connectivity index (χ1n) is 10.9. The lowest BCUT2D eigenvalue weighted by molar-refractivity contribution is 0.0982. The molecule has 7 nitrogen and oxygen atoms in total. The summed E-state index contributed by atoms with van der Waals surface area (Å²) in [4.78, 5) is 21.2. The zero-order chi connectivity index (χ0) is 24.5. The molecule has 0 bridgehead atoms. The Hall–Kier alpha value is -3.52. The first kappa shape index (κ1) is 23.6. The molecule has 176 valence electrons. The van der Waals surface area contributed by atoms with Gasteiger partial charge in [0.25, 0.3) is 0 Å². The molecule has 4 rings (SSSR count). The standard InChI is InChI=1S/C26H27N3O4S/c1-26(2,3)20-8-12-23(33-4)24(15-20)34(31,32)21-9-5-18(6-10-21)7-11-22(30)19-16-28-25-27-13-14-29(25)17-19/h5-6,8-10,12-17H,7,11H2,1-4H3. The molecule has 2 aromatic heterocycles. The van der Waals surface area contributed by atoms with Gasteiger partial charge in [0.15, 0.2) is 5.78 Å². The molecule has 0 atom stereocenters. The summed E-state index contributed by atoms with van der Waals surface area (Å²) in [5, 5.41) is 0. The first-order chi connectivity index (χ1) is 16.1. The number of methoxy groups -OCH3 is 1. The van der Waals surface area contributed by atoms with Gasteiger partial charge in [-0.1, -0.05) is 39.0 Å². The van der Waals surface area contributed by atoms with Crippen LogP contribution < -0.4 is 4.74 Å². The van der Waals surface area contributed by atoms with Crippen LogP contribution in [0.4, 0.5) is 0 Å². The van der Waals surface area contributed by atoms with Crippen LogP contribution in [-0.4, -0.2) is 35.7 Å². The largest absolute Gasteiger partial charge is 0.495 e. The lowest BCUT2D eigenvalue weighted by Gasteiger charge is -2.21. The SMILES string of the molecule is COc1ccc(C(C)(C)C)cc1S(=O)(=O)c1ccc(CCC(=O)c2cnc3nccn3c2)cc1. The Morgan fingerprint density at radius 2 is 1.79 bits per heavy atom. The minimum Gasteiger partial charge on any atom is -0.495 e. The van der Waals surface area contributed by atoms with Crippen LogP contribution in [0.1, 0.15) is 48.7 Å². The Kier molecular flexibility index (Phi) is 6.27. The maximum absolute atomic E-state index is 13.4. The van der Waals surface area contributed by atoms with Crippen LogP contribution in [0.25, 0.3) is 5.78 Å². The highest BCUT2D eigenvalue weighted by Gasteiger charge is 2.25. The second-order valence-corrected chi connectivity index (χ2v) is 11.1. The van der Waals surface area contributed by atoms with E-state index in [-0.39, 0.29) is 27.4 Å². The lowest BCUT2D eigenvalue weighted by Crippen LogP contribution is -2.13. The van der Waals surface area contributed by atoms with Crippen molar-refractivity contribution in [1.29, 1.82) is 0 Å². The van der Waals surface area contributed by atoms with Crippen molar-refractivity contribution >= 4 is 21.4 Å². The number of imidazole rings is 1. The Balaban J connectivity index is 1.52. The first-order valence-corrected chi connectivity index (χ1v) is 12.4. The molecule has 0 amide bonds. The lowest BCUT2D eigenvalue weighted by atomic mass is 9.87. The summed E-state index contributed by atoms with van der Waals surface area (Å²) < 4.78 is 33.8. The highest BCUT2D eigenvalue weighted by molar-refractivity contribution is 7.91. The van der Waals surface area contributed by atoms with Gasteiger partial charge in [0.2, 0.25) is 15.6 Å². The van der Waals surface area contributed by atoms with E-state index in [0.717, 1.165) is 11.1 Å². The molecule has 2 heterocycles. The highest BCUT2D eigenvalue weighted by atomic mass is 32.2. The monoisotopic (exact) mass is 477 g/mol. The van der Waals surface area contributed by atoms with Gasteiger partial charge in [0, 0.05) is 31.2 Å². The molecular formula is C26H27N3O4S.